The van der Waals surface area contributed by atoms with Crippen molar-refractivity contribution in [3.05, 3.63) is 111 Å². The van der Waals surface area contributed by atoms with Crippen molar-refractivity contribution in [3.63, 3.8) is 0 Å². The van der Waals surface area contributed by atoms with E-state index in [2.05, 4.69) is 10.3 Å². The first-order chi connectivity index (χ1) is 15.4. The first kappa shape index (κ1) is 21.5. The fourth-order valence-electron chi connectivity index (χ4n) is 3.44. The third-order valence-corrected chi connectivity index (χ3v) is 5.39. The van der Waals surface area contributed by atoms with Gasteiger partial charge in [-0.1, -0.05) is 41.4 Å². The van der Waals surface area contributed by atoms with Crippen LogP contribution in [0.2, 0.25) is 5.02 Å². The maximum absolute atomic E-state index is 13.1. The molecule has 2 heterocycles. The van der Waals surface area contributed by atoms with Crippen LogP contribution in [0.4, 0.5) is 0 Å². The summed E-state index contributed by atoms with van der Waals surface area (Å²) in [5.41, 5.74) is 2.53. The predicted molar refractivity (Wildman–Crippen MR) is 124 cm³/mol. The lowest BCUT2D eigenvalue weighted by molar-refractivity contribution is -0.121. The Labute approximate surface area is 189 Å². The van der Waals surface area contributed by atoms with E-state index < -0.39 is 11.2 Å². The molecule has 0 fully saturated rings. The highest BCUT2D eigenvalue weighted by atomic mass is 35.5. The molecule has 2 aromatic carbocycles. The smallest absolute Gasteiger partial charge is 0.240 e. The van der Waals surface area contributed by atoms with Gasteiger partial charge in [0.1, 0.15) is 6.54 Å². The van der Waals surface area contributed by atoms with Gasteiger partial charge in [0.2, 0.25) is 11.3 Å². The van der Waals surface area contributed by atoms with Gasteiger partial charge >= 0.3 is 0 Å². The molecule has 0 bridgehead atoms. The van der Waals surface area contributed by atoms with Gasteiger partial charge in [-0.05, 0) is 42.8 Å². The number of ketones is 1. The van der Waals surface area contributed by atoms with Gasteiger partial charge in [-0.15, -0.1) is 0 Å². The minimum Gasteiger partial charge on any atom is -0.350 e. The summed E-state index contributed by atoms with van der Waals surface area (Å²) in [5.74, 6) is -0.680. The highest BCUT2D eigenvalue weighted by Gasteiger charge is 2.18. The fraction of sp³-hybridized carbons (Fsp3) is 0.120. The van der Waals surface area contributed by atoms with Crippen molar-refractivity contribution in [1.82, 2.24) is 14.9 Å². The van der Waals surface area contributed by atoms with Crippen LogP contribution in [0.25, 0.3) is 10.9 Å². The van der Waals surface area contributed by atoms with E-state index in [0.29, 0.717) is 22.6 Å². The summed E-state index contributed by atoms with van der Waals surface area (Å²) in [6, 6.07) is 15.8. The Morgan fingerprint density at radius 3 is 2.47 bits per heavy atom. The molecule has 1 N–H and O–H groups in total. The molecule has 6 nitrogen and oxygen atoms in total. The highest BCUT2D eigenvalue weighted by Crippen LogP contribution is 2.19. The summed E-state index contributed by atoms with van der Waals surface area (Å²) >= 11 is 6.11. The molecule has 0 saturated heterocycles. The van der Waals surface area contributed by atoms with Crippen molar-refractivity contribution in [1.29, 1.82) is 0 Å². The topological polar surface area (TPSA) is 81.1 Å². The predicted octanol–water partition coefficient (Wildman–Crippen LogP) is 3.91. The lowest BCUT2D eigenvalue weighted by Crippen LogP contribution is -2.29. The minimum atomic E-state index is -0.437. The second kappa shape index (κ2) is 9.16. The standard InChI is InChI=1S/C25H20ClN3O3/c1-16-2-4-17(5-3-16)13-28-23(30)15-29-14-21(24(31)18-8-10-27-11-9-18)25(32)20-12-19(26)6-7-22(20)29/h2-12,14H,13,15H2,1H3,(H,28,30). The van der Waals surface area contributed by atoms with Gasteiger partial charge < -0.3 is 9.88 Å². The molecule has 0 aliphatic carbocycles. The molecule has 0 atom stereocenters. The Balaban J connectivity index is 1.67. The van der Waals surface area contributed by atoms with Crippen molar-refractivity contribution < 1.29 is 9.59 Å². The van der Waals surface area contributed by atoms with Gasteiger partial charge in [0.05, 0.1) is 11.1 Å². The molecule has 0 aliphatic heterocycles. The Bertz CT molecular complexity index is 1360. The molecule has 0 aliphatic rings. The lowest BCUT2D eigenvalue weighted by Gasteiger charge is -2.14. The zero-order chi connectivity index (χ0) is 22.7. The number of nitrogens with zero attached hydrogens (tertiary/aromatic N) is 2. The van der Waals surface area contributed by atoms with Crippen LogP contribution in [0, 0.1) is 6.92 Å². The number of carbonyl (C=O) groups is 2. The Kier molecular flexibility index (Phi) is 6.14. The molecule has 0 spiro atoms. The minimum absolute atomic E-state index is 0.0303. The summed E-state index contributed by atoms with van der Waals surface area (Å²) in [5, 5.41) is 3.54. The molecule has 4 aromatic rings. The number of carbonyl (C=O) groups excluding carboxylic acids is 2. The number of fused-ring (bicyclic) bond motifs is 1. The number of rotatable bonds is 6. The number of nitrogens with one attached hydrogen (secondary N) is 1. The first-order valence-electron chi connectivity index (χ1n) is 10.0. The van der Waals surface area contributed by atoms with Crippen LogP contribution in [0.3, 0.4) is 0 Å². The van der Waals surface area contributed by atoms with E-state index in [-0.39, 0.29) is 23.4 Å². The SMILES string of the molecule is Cc1ccc(CNC(=O)Cn2cc(C(=O)c3ccncc3)c(=O)c3cc(Cl)ccc32)cc1. The summed E-state index contributed by atoms with van der Waals surface area (Å²) in [7, 11) is 0. The third-order valence-electron chi connectivity index (χ3n) is 5.15. The quantitative estimate of drug-likeness (QED) is 0.456. The number of hydrogen-bond donors (Lipinski definition) is 1. The number of aromatic nitrogens is 2. The number of hydrogen-bond acceptors (Lipinski definition) is 4. The number of amides is 1. The van der Waals surface area contributed by atoms with E-state index in [1.165, 1.54) is 24.7 Å². The summed E-state index contributed by atoms with van der Waals surface area (Å²) < 4.78 is 1.60. The van der Waals surface area contributed by atoms with Crippen LogP contribution >= 0.6 is 11.6 Å². The van der Waals surface area contributed by atoms with Gasteiger partial charge in [0.15, 0.2) is 5.78 Å². The Morgan fingerprint density at radius 2 is 1.75 bits per heavy atom. The lowest BCUT2D eigenvalue weighted by atomic mass is 10.0. The van der Waals surface area contributed by atoms with E-state index in [0.717, 1.165) is 11.1 Å². The van der Waals surface area contributed by atoms with E-state index in [4.69, 9.17) is 11.6 Å². The number of aryl methyl sites for hydroxylation is 1. The Morgan fingerprint density at radius 1 is 1.03 bits per heavy atom. The van der Waals surface area contributed by atoms with Crippen LogP contribution in [0.5, 0.6) is 0 Å². The molecular weight excluding hydrogens is 426 g/mol. The third kappa shape index (κ3) is 4.60. The highest BCUT2D eigenvalue weighted by molar-refractivity contribution is 6.31. The normalized spacial score (nSPS) is 10.8. The van der Waals surface area contributed by atoms with Crippen LogP contribution < -0.4 is 10.7 Å². The fourth-order valence-corrected chi connectivity index (χ4v) is 3.61. The molecule has 7 heteroatoms. The molecule has 0 radical (unpaired) electrons. The maximum Gasteiger partial charge on any atom is 0.240 e. The van der Waals surface area contributed by atoms with Gasteiger partial charge in [0.25, 0.3) is 0 Å². The van der Waals surface area contributed by atoms with Gasteiger partial charge in [-0.3, -0.25) is 19.4 Å². The van der Waals surface area contributed by atoms with E-state index in [1.807, 2.05) is 31.2 Å². The molecular formula is C25H20ClN3O3. The van der Waals surface area contributed by atoms with Crippen molar-refractivity contribution in [2.45, 2.75) is 20.0 Å². The van der Waals surface area contributed by atoms with Crippen LogP contribution in [-0.2, 0) is 17.9 Å². The van der Waals surface area contributed by atoms with Crippen LogP contribution in [-0.4, -0.2) is 21.2 Å². The van der Waals surface area contributed by atoms with E-state index in [1.54, 1.807) is 28.8 Å². The molecule has 32 heavy (non-hydrogen) atoms. The second-order valence-corrected chi connectivity index (χ2v) is 7.93. The zero-order valence-corrected chi connectivity index (χ0v) is 18.1. The van der Waals surface area contributed by atoms with Crippen molar-refractivity contribution in [2.75, 3.05) is 0 Å². The van der Waals surface area contributed by atoms with E-state index >= 15 is 0 Å². The van der Waals surface area contributed by atoms with Crippen molar-refractivity contribution in [3.8, 4) is 0 Å². The average molecular weight is 446 g/mol. The average Bonchev–Trinajstić information content (AvgIpc) is 2.80. The summed E-state index contributed by atoms with van der Waals surface area (Å²) in [4.78, 5) is 42.6. The Hall–Kier alpha value is -3.77. The molecule has 160 valence electrons. The summed E-state index contributed by atoms with van der Waals surface area (Å²) in [6.07, 6.45) is 4.41. The van der Waals surface area contributed by atoms with Crippen LogP contribution in [0.1, 0.15) is 27.0 Å². The van der Waals surface area contributed by atoms with Gasteiger partial charge in [-0.25, -0.2) is 0 Å². The molecule has 1 amide bonds. The number of benzene rings is 2. The maximum atomic E-state index is 13.1. The monoisotopic (exact) mass is 445 g/mol. The number of halogens is 1. The molecule has 2 aromatic heterocycles. The summed E-state index contributed by atoms with van der Waals surface area (Å²) in [6.45, 7) is 2.33. The number of pyridine rings is 2. The molecule has 0 unspecified atom stereocenters. The van der Waals surface area contributed by atoms with Gasteiger partial charge in [-0.2, -0.15) is 0 Å². The second-order valence-electron chi connectivity index (χ2n) is 7.49. The van der Waals surface area contributed by atoms with Crippen molar-refractivity contribution in [2.24, 2.45) is 0 Å². The molecule has 4 rings (SSSR count). The first-order valence-corrected chi connectivity index (χ1v) is 10.4. The van der Waals surface area contributed by atoms with E-state index in [9.17, 15) is 14.4 Å². The largest absolute Gasteiger partial charge is 0.350 e. The molecule has 0 saturated carbocycles. The van der Waals surface area contributed by atoms with Crippen LogP contribution in [0.15, 0.2) is 78.0 Å². The van der Waals surface area contributed by atoms with Crippen molar-refractivity contribution >= 4 is 34.2 Å². The zero-order valence-electron chi connectivity index (χ0n) is 17.3. The van der Waals surface area contributed by atoms with Gasteiger partial charge in [0, 0.05) is 41.1 Å².